The number of halogens is 2. The number of ether oxygens (including phenoxy) is 2. The molecule has 29 heavy (non-hydrogen) atoms. The molecule has 3 N–H and O–H groups in total. The van der Waals surface area contributed by atoms with Gasteiger partial charge in [0.05, 0.1) is 19.1 Å². The number of nitrogens with one attached hydrogen (secondary N) is 3. The molecule has 160 valence electrons. The van der Waals surface area contributed by atoms with Crippen molar-refractivity contribution in [2.24, 2.45) is 4.99 Å². The lowest BCUT2D eigenvalue weighted by Gasteiger charge is -2.14. The van der Waals surface area contributed by atoms with E-state index in [2.05, 4.69) is 20.3 Å². The monoisotopic (exact) mass is 554 g/mol. The lowest BCUT2D eigenvalue weighted by Crippen LogP contribution is -2.37. The molecule has 8 nitrogen and oxygen atoms in total. The molecule has 0 spiro atoms. The normalized spacial score (nSPS) is 11.4. The molecule has 0 heterocycles. The predicted octanol–water partition coefficient (Wildman–Crippen LogP) is 2.94. The van der Waals surface area contributed by atoms with Gasteiger partial charge in [0.2, 0.25) is 10.0 Å². The van der Waals surface area contributed by atoms with E-state index in [1.807, 2.05) is 6.07 Å². The first-order chi connectivity index (χ1) is 13.4. The molecule has 0 radical (unpaired) electrons. The van der Waals surface area contributed by atoms with Crippen LogP contribution in [0.5, 0.6) is 11.5 Å². The molecule has 0 fully saturated rings. The summed E-state index contributed by atoms with van der Waals surface area (Å²) in [6.45, 7) is 0.494. The highest BCUT2D eigenvalue weighted by Crippen LogP contribution is 2.29. The van der Waals surface area contributed by atoms with Crippen molar-refractivity contribution in [2.75, 3.05) is 39.7 Å². The van der Waals surface area contributed by atoms with Gasteiger partial charge < -0.3 is 20.1 Å². The second-order valence-corrected chi connectivity index (χ2v) is 7.75. The fourth-order valence-corrected chi connectivity index (χ4v) is 3.65. The second-order valence-electron chi connectivity index (χ2n) is 5.55. The average Bonchev–Trinajstić information content (AvgIpc) is 2.70. The van der Waals surface area contributed by atoms with E-state index in [1.54, 1.807) is 45.5 Å². The van der Waals surface area contributed by atoms with Gasteiger partial charge in [-0.3, -0.25) is 4.99 Å². The van der Waals surface area contributed by atoms with E-state index in [0.717, 1.165) is 5.69 Å². The van der Waals surface area contributed by atoms with E-state index in [4.69, 9.17) is 21.1 Å². The van der Waals surface area contributed by atoms with Crippen molar-refractivity contribution in [1.29, 1.82) is 0 Å². The molecule has 11 heteroatoms. The molecular weight excluding hydrogens is 531 g/mol. The Hall–Kier alpha value is -1.76. The summed E-state index contributed by atoms with van der Waals surface area (Å²) in [6, 6.07) is 11.4. The van der Waals surface area contributed by atoms with Crippen LogP contribution in [0, 0.1) is 0 Å². The molecule has 0 aliphatic rings. The Morgan fingerprint density at radius 2 is 1.79 bits per heavy atom. The lowest BCUT2D eigenvalue weighted by atomic mass is 10.3. The summed E-state index contributed by atoms with van der Waals surface area (Å²) in [6.07, 6.45) is 0. The zero-order chi connectivity index (χ0) is 20.6. The highest BCUT2D eigenvalue weighted by Gasteiger charge is 2.13. The van der Waals surface area contributed by atoms with Gasteiger partial charge in [-0.05, 0) is 30.3 Å². The van der Waals surface area contributed by atoms with Crippen molar-refractivity contribution < 1.29 is 17.9 Å². The van der Waals surface area contributed by atoms with Crippen LogP contribution in [0.2, 0.25) is 5.02 Å². The van der Waals surface area contributed by atoms with Crippen LogP contribution in [0.15, 0.2) is 52.4 Å². The Kier molecular flexibility index (Phi) is 10.5. The van der Waals surface area contributed by atoms with Crippen molar-refractivity contribution in [1.82, 2.24) is 10.0 Å². The Labute approximate surface area is 193 Å². The minimum atomic E-state index is -3.63. The van der Waals surface area contributed by atoms with Crippen LogP contribution in [0.3, 0.4) is 0 Å². The summed E-state index contributed by atoms with van der Waals surface area (Å²) in [5.41, 5.74) is 0.741. The average molecular weight is 555 g/mol. The number of sulfonamides is 1. The number of nitrogens with zero attached hydrogens (tertiary/aromatic N) is 1. The van der Waals surface area contributed by atoms with Crippen LogP contribution in [0.1, 0.15) is 0 Å². The van der Waals surface area contributed by atoms with Gasteiger partial charge in [0.15, 0.2) is 17.5 Å². The van der Waals surface area contributed by atoms with E-state index in [9.17, 15) is 8.42 Å². The largest absolute Gasteiger partial charge is 0.493 e. The summed E-state index contributed by atoms with van der Waals surface area (Å²) in [5.74, 6) is 1.68. The van der Waals surface area contributed by atoms with E-state index in [0.29, 0.717) is 29.0 Å². The summed E-state index contributed by atoms with van der Waals surface area (Å²) >= 11 is 5.84. The smallest absolute Gasteiger partial charge is 0.240 e. The van der Waals surface area contributed by atoms with E-state index in [1.165, 1.54) is 12.1 Å². The standard InChI is InChI=1S/C18H23ClN4O4S.HI/c1-20-18(23-14-7-8-16(26-2)17(12-14)27-3)21-9-10-22-28(24,25)15-6-4-5-13(19)11-15;/h4-8,11-12,22H,9-10H2,1-3H3,(H2,20,21,23);1H. The van der Waals surface area contributed by atoms with Gasteiger partial charge in [0.1, 0.15) is 0 Å². The molecule has 0 aliphatic heterocycles. The van der Waals surface area contributed by atoms with E-state index < -0.39 is 10.0 Å². The minimum absolute atomic E-state index is 0. The molecule has 0 amide bonds. The fourth-order valence-electron chi connectivity index (χ4n) is 2.31. The fraction of sp³-hybridized carbons (Fsp3) is 0.278. The van der Waals surface area contributed by atoms with Gasteiger partial charge in [-0.25, -0.2) is 13.1 Å². The topological polar surface area (TPSA) is 101 Å². The quantitative estimate of drug-likeness (QED) is 0.201. The molecule has 0 saturated carbocycles. The lowest BCUT2D eigenvalue weighted by molar-refractivity contribution is 0.355. The molecule has 0 atom stereocenters. The highest BCUT2D eigenvalue weighted by atomic mass is 127. The zero-order valence-corrected chi connectivity index (χ0v) is 20.1. The Balaban J connectivity index is 0.00000420. The third-order valence-corrected chi connectivity index (χ3v) is 5.38. The number of benzene rings is 2. The van der Waals surface area contributed by atoms with Gasteiger partial charge in [0.25, 0.3) is 0 Å². The van der Waals surface area contributed by atoms with Gasteiger partial charge >= 0.3 is 0 Å². The van der Waals surface area contributed by atoms with E-state index in [-0.39, 0.29) is 35.4 Å². The Morgan fingerprint density at radius 1 is 1.07 bits per heavy atom. The summed E-state index contributed by atoms with van der Waals surface area (Å²) < 4.78 is 37.5. The van der Waals surface area contributed by atoms with E-state index >= 15 is 0 Å². The van der Waals surface area contributed by atoms with Crippen molar-refractivity contribution in [3.8, 4) is 11.5 Å². The molecule has 0 saturated heterocycles. The molecule has 2 rings (SSSR count). The van der Waals surface area contributed by atoms with Crippen LogP contribution >= 0.6 is 35.6 Å². The van der Waals surface area contributed by atoms with Crippen LogP contribution in [0.25, 0.3) is 0 Å². The number of hydrogen-bond acceptors (Lipinski definition) is 5. The first-order valence-corrected chi connectivity index (χ1v) is 10.2. The first-order valence-electron chi connectivity index (χ1n) is 8.34. The van der Waals surface area contributed by atoms with Crippen LogP contribution in [-0.2, 0) is 10.0 Å². The second kappa shape index (κ2) is 12.1. The number of rotatable bonds is 8. The molecular formula is C18H24ClIN4O4S. The number of guanidine groups is 1. The molecule has 2 aromatic carbocycles. The highest BCUT2D eigenvalue weighted by molar-refractivity contribution is 14.0. The van der Waals surface area contributed by atoms with Gasteiger partial charge in [-0.1, -0.05) is 17.7 Å². The predicted molar refractivity (Wildman–Crippen MR) is 127 cm³/mol. The minimum Gasteiger partial charge on any atom is -0.493 e. The number of methoxy groups -OCH3 is 2. The third-order valence-electron chi connectivity index (χ3n) is 3.69. The van der Waals surface area contributed by atoms with Crippen molar-refractivity contribution in [3.63, 3.8) is 0 Å². The number of anilines is 1. The first kappa shape index (κ1) is 25.3. The summed E-state index contributed by atoms with van der Waals surface area (Å²) in [7, 11) is 1.11. The van der Waals surface area contributed by atoms with Crippen LogP contribution in [0.4, 0.5) is 5.69 Å². The maximum atomic E-state index is 12.3. The molecule has 2 aromatic rings. The van der Waals surface area contributed by atoms with Crippen LogP contribution in [-0.4, -0.2) is 48.7 Å². The number of aliphatic imine (C=N–C) groups is 1. The van der Waals surface area contributed by atoms with Gasteiger partial charge in [-0.15, -0.1) is 24.0 Å². The Morgan fingerprint density at radius 3 is 2.41 bits per heavy atom. The van der Waals surface area contributed by atoms with Gasteiger partial charge in [0, 0.05) is 36.9 Å². The Bertz CT molecular complexity index is 941. The maximum absolute atomic E-state index is 12.3. The van der Waals surface area contributed by atoms with Crippen molar-refractivity contribution >= 4 is 57.2 Å². The summed E-state index contributed by atoms with van der Waals surface area (Å²) in [4.78, 5) is 4.23. The van der Waals surface area contributed by atoms with Gasteiger partial charge in [-0.2, -0.15) is 0 Å². The third kappa shape index (κ3) is 7.53. The molecule has 0 aromatic heterocycles. The molecule has 0 aliphatic carbocycles. The zero-order valence-electron chi connectivity index (χ0n) is 16.2. The van der Waals surface area contributed by atoms with Crippen LogP contribution < -0.4 is 24.8 Å². The van der Waals surface area contributed by atoms with Crippen molar-refractivity contribution in [2.45, 2.75) is 4.90 Å². The van der Waals surface area contributed by atoms with Crippen molar-refractivity contribution in [3.05, 3.63) is 47.5 Å². The SMILES string of the molecule is CN=C(NCCNS(=O)(=O)c1cccc(Cl)c1)Nc1ccc(OC)c(OC)c1.I. The number of hydrogen-bond donors (Lipinski definition) is 3. The molecule has 0 bridgehead atoms. The maximum Gasteiger partial charge on any atom is 0.240 e. The summed E-state index contributed by atoms with van der Waals surface area (Å²) in [5, 5.41) is 6.49. The molecule has 0 unspecified atom stereocenters.